The molecule has 1 heterocycles. The third-order valence-electron chi connectivity index (χ3n) is 4.31. The van der Waals surface area contributed by atoms with E-state index in [0.717, 1.165) is 22.0 Å². The van der Waals surface area contributed by atoms with Crippen LogP contribution in [0.2, 0.25) is 5.02 Å². The minimum Gasteiger partial charge on any atom is -0.361 e. The van der Waals surface area contributed by atoms with E-state index in [1.807, 2.05) is 54.7 Å². The van der Waals surface area contributed by atoms with E-state index in [1.54, 1.807) is 0 Å². The van der Waals surface area contributed by atoms with Crippen LogP contribution in [0.15, 0.2) is 54.7 Å². The van der Waals surface area contributed by atoms with Crippen molar-refractivity contribution in [2.75, 3.05) is 6.54 Å². The smallest absolute Gasteiger partial charge is 0.224 e. The molecular weight excluding hydrogens is 320 g/mol. The van der Waals surface area contributed by atoms with Crippen LogP contribution in [0.5, 0.6) is 0 Å². The molecule has 124 valence electrons. The second-order valence-electron chi connectivity index (χ2n) is 6.72. The number of hydrogen-bond acceptors (Lipinski definition) is 1. The van der Waals surface area contributed by atoms with Gasteiger partial charge in [-0.2, -0.15) is 0 Å². The van der Waals surface area contributed by atoms with E-state index in [2.05, 4.69) is 24.1 Å². The summed E-state index contributed by atoms with van der Waals surface area (Å²) in [5.41, 5.74) is 3.03. The number of aromatic nitrogens is 1. The van der Waals surface area contributed by atoms with Gasteiger partial charge in [-0.1, -0.05) is 55.8 Å². The average molecular weight is 341 g/mol. The molecule has 3 nitrogen and oxygen atoms in total. The predicted molar refractivity (Wildman–Crippen MR) is 99.5 cm³/mol. The van der Waals surface area contributed by atoms with Crippen molar-refractivity contribution in [3.05, 3.63) is 70.9 Å². The Labute approximate surface area is 147 Å². The number of halogens is 1. The zero-order chi connectivity index (χ0) is 17.2. The third kappa shape index (κ3) is 3.62. The zero-order valence-corrected chi connectivity index (χ0v) is 14.7. The minimum atomic E-state index is -0.199. The van der Waals surface area contributed by atoms with Crippen molar-refractivity contribution in [2.45, 2.75) is 25.7 Å². The molecule has 2 aromatic carbocycles. The van der Waals surface area contributed by atoms with E-state index < -0.39 is 0 Å². The monoisotopic (exact) mass is 340 g/mol. The Balaban J connectivity index is 1.71. The molecule has 3 aromatic rings. The summed E-state index contributed by atoms with van der Waals surface area (Å²) in [6.07, 6.45) is 2.40. The maximum atomic E-state index is 12.2. The predicted octanol–water partition coefficient (Wildman–Crippen LogP) is 4.46. The molecule has 0 saturated carbocycles. The summed E-state index contributed by atoms with van der Waals surface area (Å²) >= 11 is 6.13. The number of nitrogens with one attached hydrogen (secondary N) is 2. The van der Waals surface area contributed by atoms with Gasteiger partial charge in [-0.15, -0.1) is 0 Å². The molecule has 1 amide bonds. The second kappa shape index (κ2) is 6.70. The van der Waals surface area contributed by atoms with Crippen LogP contribution < -0.4 is 5.32 Å². The number of fused-ring (bicyclic) bond motifs is 1. The molecule has 0 aliphatic carbocycles. The highest BCUT2D eigenvalue weighted by atomic mass is 35.5. The summed E-state index contributed by atoms with van der Waals surface area (Å²) in [6.45, 7) is 4.82. The van der Waals surface area contributed by atoms with Gasteiger partial charge in [-0.25, -0.2) is 0 Å². The summed E-state index contributed by atoms with van der Waals surface area (Å²) < 4.78 is 0. The Morgan fingerprint density at radius 1 is 1.17 bits per heavy atom. The van der Waals surface area contributed by atoms with E-state index in [1.165, 1.54) is 0 Å². The summed E-state index contributed by atoms with van der Waals surface area (Å²) in [7, 11) is 0. The molecular formula is C20H21ClN2O. The summed E-state index contributed by atoms with van der Waals surface area (Å²) in [5, 5.41) is 4.87. The van der Waals surface area contributed by atoms with Gasteiger partial charge >= 0.3 is 0 Å². The molecule has 24 heavy (non-hydrogen) atoms. The fourth-order valence-corrected chi connectivity index (χ4v) is 3.08. The van der Waals surface area contributed by atoms with Gasteiger partial charge in [-0.3, -0.25) is 4.79 Å². The first-order chi connectivity index (χ1) is 11.5. The van der Waals surface area contributed by atoms with Crippen molar-refractivity contribution in [1.82, 2.24) is 10.3 Å². The van der Waals surface area contributed by atoms with Crippen molar-refractivity contribution < 1.29 is 4.79 Å². The van der Waals surface area contributed by atoms with Crippen molar-refractivity contribution >= 4 is 28.4 Å². The van der Waals surface area contributed by atoms with Crippen molar-refractivity contribution in [1.29, 1.82) is 0 Å². The van der Waals surface area contributed by atoms with Crippen LogP contribution >= 0.6 is 11.6 Å². The normalized spacial score (nSPS) is 11.6. The highest BCUT2D eigenvalue weighted by Crippen LogP contribution is 2.31. The second-order valence-corrected chi connectivity index (χ2v) is 7.15. The molecule has 4 heteroatoms. The Morgan fingerprint density at radius 3 is 2.67 bits per heavy atom. The molecule has 0 aliphatic rings. The number of carbonyl (C=O) groups is 1. The molecule has 3 rings (SSSR count). The molecule has 2 N–H and O–H groups in total. The Bertz CT molecular complexity index is 852. The van der Waals surface area contributed by atoms with Crippen molar-refractivity contribution in [3.63, 3.8) is 0 Å². The van der Waals surface area contributed by atoms with Crippen LogP contribution in [0.3, 0.4) is 0 Å². The maximum absolute atomic E-state index is 12.2. The number of aromatic amines is 1. The molecule has 0 spiro atoms. The van der Waals surface area contributed by atoms with Crippen LogP contribution in [-0.2, 0) is 16.6 Å². The highest BCUT2D eigenvalue weighted by molar-refractivity contribution is 6.31. The number of hydrogen-bond donors (Lipinski definition) is 2. The van der Waals surface area contributed by atoms with Gasteiger partial charge in [0.15, 0.2) is 0 Å². The standard InChI is InChI=1S/C20H21ClN2O/c1-20(2,13-23-19(24)10-14-6-4-3-5-7-14)17-12-22-18-9-8-15(21)11-16(17)18/h3-9,11-12,22H,10,13H2,1-2H3,(H,23,24). The van der Waals surface area contributed by atoms with Crippen LogP contribution in [-0.4, -0.2) is 17.4 Å². The van der Waals surface area contributed by atoms with Gasteiger partial charge in [0.1, 0.15) is 0 Å². The molecule has 0 bridgehead atoms. The maximum Gasteiger partial charge on any atom is 0.224 e. The summed E-state index contributed by atoms with van der Waals surface area (Å²) in [4.78, 5) is 15.5. The van der Waals surface area contributed by atoms with E-state index in [-0.39, 0.29) is 11.3 Å². The molecule has 0 aliphatic heterocycles. The lowest BCUT2D eigenvalue weighted by atomic mass is 9.84. The molecule has 0 atom stereocenters. The van der Waals surface area contributed by atoms with Gasteiger partial charge in [0, 0.05) is 34.1 Å². The molecule has 0 radical (unpaired) electrons. The van der Waals surface area contributed by atoms with Gasteiger partial charge < -0.3 is 10.3 Å². The number of benzene rings is 2. The number of rotatable bonds is 5. The summed E-state index contributed by atoms with van der Waals surface area (Å²) in [5.74, 6) is 0.0344. The number of carbonyl (C=O) groups excluding carboxylic acids is 1. The minimum absolute atomic E-state index is 0.0344. The third-order valence-corrected chi connectivity index (χ3v) is 4.54. The first kappa shape index (κ1) is 16.6. The average Bonchev–Trinajstić information content (AvgIpc) is 2.98. The largest absolute Gasteiger partial charge is 0.361 e. The summed E-state index contributed by atoms with van der Waals surface area (Å²) in [6, 6.07) is 15.6. The van der Waals surface area contributed by atoms with Crippen molar-refractivity contribution in [2.24, 2.45) is 0 Å². The molecule has 0 fully saturated rings. The van der Waals surface area contributed by atoms with Gasteiger partial charge in [0.05, 0.1) is 6.42 Å². The molecule has 0 saturated heterocycles. The highest BCUT2D eigenvalue weighted by Gasteiger charge is 2.24. The fourth-order valence-electron chi connectivity index (χ4n) is 2.91. The Hall–Kier alpha value is -2.26. The number of amides is 1. The zero-order valence-electron chi connectivity index (χ0n) is 13.9. The van der Waals surface area contributed by atoms with Crippen molar-refractivity contribution in [3.8, 4) is 0 Å². The first-order valence-corrected chi connectivity index (χ1v) is 8.41. The lowest BCUT2D eigenvalue weighted by molar-refractivity contribution is -0.120. The number of H-pyrrole nitrogens is 1. The van der Waals surface area contributed by atoms with E-state index in [9.17, 15) is 4.79 Å². The topological polar surface area (TPSA) is 44.9 Å². The van der Waals surface area contributed by atoms with Gasteiger partial charge in [-0.05, 0) is 29.3 Å². The Morgan fingerprint density at radius 2 is 1.92 bits per heavy atom. The molecule has 0 unspecified atom stereocenters. The van der Waals surface area contributed by atoms with Crippen LogP contribution in [0.4, 0.5) is 0 Å². The van der Waals surface area contributed by atoms with Gasteiger partial charge in [0.2, 0.25) is 5.91 Å². The van der Waals surface area contributed by atoms with Crippen LogP contribution in [0, 0.1) is 0 Å². The quantitative estimate of drug-likeness (QED) is 0.707. The van der Waals surface area contributed by atoms with Crippen LogP contribution in [0.1, 0.15) is 25.0 Å². The Kier molecular flexibility index (Phi) is 4.63. The van der Waals surface area contributed by atoms with E-state index in [0.29, 0.717) is 18.0 Å². The lowest BCUT2D eigenvalue weighted by Gasteiger charge is -2.25. The van der Waals surface area contributed by atoms with E-state index in [4.69, 9.17) is 11.6 Å². The van der Waals surface area contributed by atoms with Crippen LogP contribution in [0.25, 0.3) is 10.9 Å². The SMILES string of the molecule is CC(C)(CNC(=O)Cc1ccccc1)c1c[nH]c2ccc(Cl)cc12. The molecule has 1 aromatic heterocycles. The van der Waals surface area contributed by atoms with Gasteiger partial charge in [0.25, 0.3) is 0 Å². The fraction of sp³-hybridized carbons (Fsp3) is 0.250. The van der Waals surface area contributed by atoms with E-state index >= 15 is 0 Å². The lowest BCUT2D eigenvalue weighted by Crippen LogP contribution is -2.37. The first-order valence-electron chi connectivity index (χ1n) is 8.03.